The maximum atomic E-state index is 5.83. The van der Waals surface area contributed by atoms with Crippen LogP contribution in [0.4, 0.5) is 0 Å². The number of thiocarbonyl (C=S) groups is 2. The summed E-state index contributed by atoms with van der Waals surface area (Å²) in [6.07, 6.45) is 10.4. The molecule has 2 spiro atoms. The molecule has 3 heteroatoms. The highest BCUT2D eigenvalue weighted by molar-refractivity contribution is 8.26. The van der Waals surface area contributed by atoms with Crippen molar-refractivity contribution < 1.29 is 0 Å². The van der Waals surface area contributed by atoms with E-state index in [4.69, 9.17) is 24.4 Å². The van der Waals surface area contributed by atoms with Crippen LogP contribution in [0.25, 0.3) is 0 Å². The van der Waals surface area contributed by atoms with E-state index in [1.807, 2.05) is 11.8 Å². The number of rotatable bonds is 0. The van der Waals surface area contributed by atoms with Crippen molar-refractivity contribution in [3.8, 4) is 0 Å². The normalized spacial score (nSPS) is 32.3. The van der Waals surface area contributed by atoms with E-state index in [1.54, 1.807) is 0 Å². The standard InChI is InChI=1S/C12H16S3/c13-9-11(5-1-2-6-11)10(14)15-12(9)7-3-4-8-12/h1-8H2. The van der Waals surface area contributed by atoms with Crippen LogP contribution in [-0.2, 0) is 0 Å². The van der Waals surface area contributed by atoms with Gasteiger partial charge in [-0.2, -0.15) is 0 Å². The van der Waals surface area contributed by atoms with E-state index in [0.29, 0.717) is 4.75 Å². The summed E-state index contributed by atoms with van der Waals surface area (Å²) in [5, 5.41) is 0. The minimum atomic E-state index is 0.208. The van der Waals surface area contributed by atoms with Crippen molar-refractivity contribution in [2.75, 3.05) is 0 Å². The van der Waals surface area contributed by atoms with Crippen molar-refractivity contribution >= 4 is 45.3 Å². The van der Waals surface area contributed by atoms with E-state index < -0.39 is 0 Å². The molecule has 2 saturated carbocycles. The lowest BCUT2D eigenvalue weighted by Crippen LogP contribution is -2.36. The molecular weight excluding hydrogens is 240 g/mol. The summed E-state index contributed by atoms with van der Waals surface area (Å²) in [7, 11) is 0. The van der Waals surface area contributed by atoms with Gasteiger partial charge in [0.05, 0.1) is 8.94 Å². The van der Waals surface area contributed by atoms with E-state index in [9.17, 15) is 0 Å². The molecule has 0 aromatic carbocycles. The van der Waals surface area contributed by atoms with Crippen molar-refractivity contribution in [1.29, 1.82) is 0 Å². The summed E-state index contributed by atoms with van der Waals surface area (Å²) in [4.78, 5) is 1.35. The van der Waals surface area contributed by atoms with Crippen LogP contribution in [0, 0.1) is 5.41 Å². The number of hydrogen-bond acceptors (Lipinski definition) is 3. The molecule has 1 aliphatic heterocycles. The van der Waals surface area contributed by atoms with Crippen molar-refractivity contribution in [3.63, 3.8) is 0 Å². The average molecular weight is 256 g/mol. The molecule has 15 heavy (non-hydrogen) atoms. The highest BCUT2D eigenvalue weighted by atomic mass is 32.2. The van der Waals surface area contributed by atoms with Crippen LogP contribution in [0.2, 0.25) is 0 Å². The van der Waals surface area contributed by atoms with Crippen molar-refractivity contribution in [3.05, 3.63) is 0 Å². The Kier molecular flexibility index (Phi) is 2.50. The Balaban J connectivity index is 1.99. The quantitative estimate of drug-likeness (QED) is 0.593. The molecule has 1 heterocycles. The van der Waals surface area contributed by atoms with E-state index in [2.05, 4.69) is 0 Å². The predicted molar refractivity (Wildman–Crippen MR) is 74.9 cm³/mol. The van der Waals surface area contributed by atoms with Gasteiger partial charge in [-0.05, 0) is 25.7 Å². The fourth-order valence-electron chi connectivity index (χ4n) is 3.54. The lowest BCUT2D eigenvalue weighted by Gasteiger charge is -2.27. The summed E-state index contributed by atoms with van der Waals surface area (Å²) in [6, 6.07) is 0. The molecule has 0 radical (unpaired) electrons. The Morgan fingerprint density at radius 3 is 2.00 bits per heavy atom. The second kappa shape index (κ2) is 3.51. The van der Waals surface area contributed by atoms with Crippen LogP contribution in [0.3, 0.4) is 0 Å². The molecule has 3 fully saturated rings. The molecule has 0 aromatic rings. The number of hydrogen-bond donors (Lipinski definition) is 0. The molecule has 1 saturated heterocycles. The lowest BCUT2D eigenvalue weighted by atomic mass is 9.78. The Morgan fingerprint density at radius 2 is 1.40 bits per heavy atom. The van der Waals surface area contributed by atoms with Crippen LogP contribution < -0.4 is 0 Å². The zero-order chi connectivity index (χ0) is 10.5. The number of thioether (sulfide) groups is 1. The first-order valence-corrected chi connectivity index (χ1v) is 7.61. The van der Waals surface area contributed by atoms with Gasteiger partial charge in [-0.3, -0.25) is 0 Å². The summed E-state index contributed by atoms with van der Waals surface area (Å²) >= 11 is 13.5. The second-order valence-electron chi connectivity index (χ2n) is 5.21. The Labute approximate surface area is 107 Å². The highest BCUT2D eigenvalue weighted by Crippen LogP contribution is 2.61. The molecule has 2 aliphatic carbocycles. The molecule has 0 bridgehead atoms. The van der Waals surface area contributed by atoms with Crippen LogP contribution in [-0.4, -0.2) is 13.8 Å². The third-order valence-electron chi connectivity index (χ3n) is 4.40. The third-order valence-corrected chi connectivity index (χ3v) is 7.53. The van der Waals surface area contributed by atoms with Gasteiger partial charge < -0.3 is 0 Å². The molecular formula is C12H16S3. The van der Waals surface area contributed by atoms with Gasteiger partial charge >= 0.3 is 0 Å². The average Bonchev–Trinajstić information content (AvgIpc) is 2.88. The van der Waals surface area contributed by atoms with Crippen LogP contribution in [0.5, 0.6) is 0 Å². The maximum absolute atomic E-state index is 5.83. The third kappa shape index (κ3) is 1.32. The first-order valence-electron chi connectivity index (χ1n) is 5.98. The van der Waals surface area contributed by atoms with Gasteiger partial charge in [0.15, 0.2) is 0 Å². The monoisotopic (exact) mass is 256 g/mol. The maximum Gasteiger partial charge on any atom is 0.0599 e. The first kappa shape index (κ1) is 10.7. The summed E-state index contributed by atoms with van der Waals surface area (Å²) in [6.45, 7) is 0. The molecule has 0 aromatic heterocycles. The van der Waals surface area contributed by atoms with Gasteiger partial charge in [0.25, 0.3) is 0 Å². The van der Waals surface area contributed by atoms with Crippen LogP contribution >= 0.6 is 36.2 Å². The molecule has 0 atom stereocenters. The van der Waals surface area contributed by atoms with Gasteiger partial charge in [0, 0.05) is 10.3 Å². The minimum absolute atomic E-state index is 0.208. The first-order chi connectivity index (χ1) is 7.20. The fraction of sp³-hybridized carbons (Fsp3) is 0.833. The molecule has 0 unspecified atom stereocenters. The van der Waals surface area contributed by atoms with Crippen LogP contribution in [0.1, 0.15) is 51.4 Å². The van der Waals surface area contributed by atoms with Crippen molar-refractivity contribution in [2.24, 2.45) is 5.41 Å². The summed E-state index contributed by atoms with van der Waals surface area (Å²) < 4.78 is 1.54. The van der Waals surface area contributed by atoms with Gasteiger partial charge in [0.2, 0.25) is 0 Å². The smallest absolute Gasteiger partial charge is 0.0599 e. The minimum Gasteiger partial charge on any atom is -0.106 e. The Bertz CT molecular complexity index is 320. The van der Waals surface area contributed by atoms with Gasteiger partial charge in [0.1, 0.15) is 0 Å². The Morgan fingerprint density at radius 1 is 0.867 bits per heavy atom. The SMILES string of the molecule is S=C1SC2(CCCC2)C(=S)C12CCCC2. The van der Waals surface area contributed by atoms with Gasteiger partial charge in [-0.1, -0.05) is 50.1 Å². The zero-order valence-corrected chi connectivity index (χ0v) is 11.3. The summed E-state index contributed by atoms with van der Waals surface area (Å²) in [5.74, 6) is 0. The van der Waals surface area contributed by atoms with E-state index in [0.717, 1.165) is 0 Å². The summed E-state index contributed by atoms with van der Waals surface area (Å²) in [5.41, 5.74) is 0.208. The van der Waals surface area contributed by atoms with Crippen molar-refractivity contribution in [2.45, 2.75) is 56.1 Å². The Hall–Kier alpha value is 0.530. The van der Waals surface area contributed by atoms with Gasteiger partial charge in [-0.15, -0.1) is 11.8 Å². The molecule has 3 aliphatic rings. The topological polar surface area (TPSA) is 0 Å². The van der Waals surface area contributed by atoms with Crippen LogP contribution in [0.15, 0.2) is 0 Å². The van der Waals surface area contributed by atoms with Gasteiger partial charge in [-0.25, -0.2) is 0 Å². The second-order valence-corrected chi connectivity index (χ2v) is 7.68. The van der Waals surface area contributed by atoms with Crippen molar-refractivity contribution in [1.82, 2.24) is 0 Å². The largest absolute Gasteiger partial charge is 0.106 e. The fourth-order valence-corrected chi connectivity index (χ4v) is 6.72. The predicted octanol–water partition coefficient (Wildman–Crippen LogP) is 4.30. The zero-order valence-electron chi connectivity index (χ0n) is 8.88. The lowest BCUT2D eigenvalue weighted by molar-refractivity contribution is 0.600. The van der Waals surface area contributed by atoms with E-state index in [-0.39, 0.29) is 5.41 Å². The molecule has 82 valence electrons. The van der Waals surface area contributed by atoms with E-state index in [1.165, 1.54) is 60.4 Å². The highest BCUT2D eigenvalue weighted by Gasteiger charge is 2.58. The molecule has 0 amide bonds. The van der Waals surface area contributed by atoms with E-state index >= 15 is 0 Å². The molecule has 0 nitrogen and oxygen atoms in total. The molecule has 3 rings (SSSR count). The molecule has 0 N–H and O–H groups in total.